The maximum atomic E-state index is 11.1. The van der Waals surface area contributed by atoms with Crippen molar-refractivity contribution in [2.24, 2.45) is 0 Å². The Labute approximate surface area is 105 Å². The van der Waals surface area contributed by atoms with E-state index >= 15 is 0 Å². The third-order valence-electron chi connectivity index (χ3n) is 3.73. The number of carbonyl (C=O) groups excluding carboxylic acids is 1. The standard InChI is InChI=1S/C13H26N2O2/c1-4-12(5-2)15-10-8-14(9-11-15)7-6-13(16)17-3/h12H,4-11H2,1-3H3. The van der Waals surface area contributed by atoms with Crippen LogP contribution in [0.3, 0.4) is 0 Å². The van der Waals surface area contributed by atoms with Gasteiger partial charge in [0.2, 0.25) is 0 Å². The molecule has 17 heavy (non-hydrogen) atoms. The predicted molar refractivity (Wildman–Crippen MR) is 69.0 cm³/mol. The van der Waals surface area contributed by atoms with E-state index in [0.717, 1.165) is 38.8 Å². The van der Waals surface area contributed by atoms with Crippen LogP contribution < -0.4 is 0 Å². The molecule has 0 spiro atoms. The molecule has 1 aliphatic rings. The number of esters is 1. The van der Waals surface area contributed by atoms with E-state index in [-0.39, 0.29) is 5.97 Å². The van der Waals surface area contributed by atoms with Gasteiger partial charge in [-0.1, -0.05) is 13.8 Å². The topological polar surface area (TPSA) is 32.8 Å². The monoisotopic (exact) mass is 242 g/mol. The van der Waals surface area contributed by atoms with Gasteiger partial charge in [0.05, 0.1) is 13.5 Å². The number of hydrogen-bond acceptors (Lipinski definition) is 4. The zero-order valence-corrected chi connectivity index (χ0v) is 11.4. The molecule has 0 bridgehead atoms. The Kier molecular flexibility index (Phi) is 6.52. The molecule has 0 aromatic carbocycles. The van der Waals surface area contributed by atoms with Gasteiger partial charge in [-0.05, 0) is 12.8 Å². The van der Waals surface area contributed by atoms with E-state index in [2.05, 4.69) is 28.4 Å². The summed E-state index contributed by atoms with van der Waals surface area (Å²) in [7, 11) is 1.45. The molecule has 0 amide bonds. The molecular formula is C13H26N2O2. The van der Waals surface area contributed by atoms with Gasteiger partial charge in [-0.3, -0.25) is 9.69 Å². The molecule has 0 atom stereocenters. The van der Waals surface area contributed by atoms with Crippen LogP contribution in [0.1, 0.15) is 33.1 Å². The minimum absolute atomic E-state index is 0.104. The highest BCUT2D eigenvalue weighted by Crippen LogP contribution is 2.12. The number of nitrogens with zero attached hydrogens (tertiary/aromatic N) is 2. The molecule has 1 heterocycles. The molecule has 0 saturated carbocycles. The van der Waals surface area contributed by atoms with Crippen LogP contribution >= 0.6 is 0 Å². The van der Waals surface area contributed by atoms with Crippen molar-refractivity contribution in [2.75, 3.05) is 39.8 Å². The molecule has 1 rings (SSSR count). The number of piperazine rings is 1. The van der Waals surface area contributed by atoms with Gasteiger partial charge in [0.15, 0.2) is 0 Å². The van der Waals surface area contributed by atoms with E-state index in [1.165, 1.54) is 20.0 Å². The summed E-state index contributed by atoms with van der Waals surface area (Å²) in [5, 5.41) is 0. The number of ether oxygens (including phenoxy) is 1. The molecule has 0 aromatic heterocycles. The first kappa shape index (κ1) is 14.5. The highest BCUT2D eigenvalue weighted by atomic mass is 16.5. The van der Waals surface area contributed by atoms with Gasteiger partial charge in [0.25, 0.3) is 0 Å². The zero-order valence-electron chi connectivity index (χ0n) is 11.4. The molecule has 0 N–H and O–H groups in total. The Balaban J connectivity index is 2.23. The van der Waals surface area contributed by atoms with Crippen LogP contribution in [0.5, 0.6) is 0 Å². The van der Waals surface area contributed by atoms with E-state index in [1.807, 2.05) is 0 Å². The summed E-state index contributed by atoms with van der Waals surface area (Å²) in [5.74, 6) is -0.104. The van der Waals surface area contributed by atoms with Gasteiger partial charge in [0, 0.05) is 38.8 Å². The third kappa shape index (κ3) is 4.64. The molecule has 1 saturated heterocycles. The lowest BCUT2D eigenvalue weighted by Crippen LogP contribution is -2.50. The SMILES string of the molecule is CCC(CC)N1CCN(CCC(=O)OC)CC1. The van der Waals surface area contributed by atoms with Gasteiger partial charge < -0.3 is 9.64 Å². The molecule has 0 aromatic rings. The van der Waals surface area contributed by atoms with E-state index in [9.17, 15) is 4.79 Å². The average molecular weight is 242 g/mol. The molecule has 0 unspecified atom stereocenters. The van der Waals surface area contributed by atoms with E-state index in [0.29, 0.717) is 6.42 Å². The van der Waals surface area contributed by atoms with Gasteiger partial charge >= 0.3 is 5.97 Å². The first-order chi connectivity index (χ1) is 8.21. The predicted octanol–water partition coefficient (Wildman–Crippen LogP) is 1.36. The number of rotatable bonds is 6. The van der Waals surface area contributed by atoms with Crippen LogP contribution in [0, 0.1) is 0 Å². The molecule has 0 aliphatic carbocycles. The molecule has 4 nitrogen and oxygen atoms in total. The van der Waals surface area contributed by atoms with Crippen LogP contribution in [0.2, 0.25) is 0 Å². The highest BCUT2D eigenvalue weighted by molar-refractivity contribution is 5.69. The molecule has 1 aliphatic heterocycles. The van der Waals surface area contributed by atoms with Crippen molar-refractivity contribution < 1.29 is 9.53 Å². The molecule has 0 radical (unpaired) electrons. The Morgan fingerprint density at radius 3 is 2.24 bits per heavy atom. The highest BCUT2D eigenvalue weighted by Gasteiger charge is 2.21. The van der Waals surface area contributed by atoms with Crippen LogP contribution in [0.15, 0.2) is 0 Å². The summed E-state index contributed by atoms with van der Waals surface area (Å²) in [6.07, 6.45) is 2.98. The first-order valence-electron chi connectivity index (χ1n) is 6.74. The van der Waals surface area contributed by atoms with Crippen molar-refractivity contribution in [1.29, 1.82) is 0 Å². The number of methoxy groups -OCH3 is 1. The number of carbonyl (C=O) groups is 1. The minimum atomic E-state index is -0.104. The lowest BCUT2D eigenvalue weighted by atomic mass is 10.1. The first-order valence-corrected chi connectivity index (χ1v) is 6.74. The summed E-state index contributed by atoms with van der Waals surface area (Å²) in [6, 6.07) is 0.734. The Hall–Kier alpha value is -0.610. The van der Waals surface area contributed by atoms with Gasteiger partial charge in [0.1, 0.15) is 0 Å². The maximum absolute atomic E-state index is 11.1. The second-order valence-electron chi connectivity index (χ2n) is 4.67. The smallest absolute Gasteiger partial charge is 0.306 e. The van der Waals surface area contributed by atoms with Crippen molar-refractivity contribution >= 4 is 5.97 Å². The Morgan fingerprint density at radius 1 is 1.18 bits per heavy atom. The molecular weight excluding hydrogens is 216 g/mol. The van der Waals surface area contributed by atoms with E-state index < -0.39 is 0 Å². The number of hydrogen-bond donors (Lipinski definition) is 0. The second kappa shape index (κ2) is 7.67. The maximum Gasteiger partial charge on any atom is 0.306 e. The molecule has 100 valence electrons. The second-order valence-corrected chi connectivity index (χ2v) is 4.67. The fourth-order valence-corrected chi connectivity index (χ4v) is 2.51. The normalized spacial score (nSPS) is 18.6. The summed E-state index contributed by atoms with van der Waals surface area (Å²) in [5.41, 5.74) is 0. The fraction of sp³-hybridized carbons (Fsp3) is 0.923. The summed E-state index contributed by atoms with van der Waals surface area (Å²) < 4.78 is 4.66. The van der Waals surface area contributed by atoms with E-state index in [1.54, 1.807) is 0 Å². The van der Waals surface area contributed by atoms with Crippen molar-refractivity contribution in [1.82, 2.24) is 9.80 Å². The third-order valence-corrected chi connectivity index (χ3v) is 3.73. The minimum Gasteiger partial charge on any atom is -0.469 e. The van der Waals surface area contributed by atoms with Crippen LogP contribution in [-0.2, 0) is 9.53 Å². The van der Waals surface area contributed by atoms with Crippen molar-refractivity contribution in [3.8, 4) is 0 Å². The summed E-state index contributed by atoms with van der Waals surface area (Å²) in [4.78, 5) is 16.0. The quantitative estimate of drug-likeness (QED) is 0.658. The largest absolute Gasteiger partial charge is 0.469 e. The summed E-state index contributed by atoms with van der Waals surface area (Å²) >= 11 is 0. The van der Waals surface area contributed by atoms with Crippen LogP contribution in [-0.4, -0.2) is 61.6 Å². The average Bonchev–Trinajstić information content (AvgIpc) is 2.38. The van der Waals surface area contributed by atoms with Gasteiger partial charge in [-0.2, -0.15) is 0 Å². The molecule has 1 fully saturated rings. The van der Waals surface area contributed by atoms with Crippen molar-refractivity contribution in [3.05, 3.63) is 0 Å². The fourth-order valence-electron chi connectivity index (χ4n) is 2.51. The summed E-state index contributed by atoms with van der Waals surface area (Å²) in [6.45, 7) is 9.78. The lowest BCUT2D eigenvalue weighted by molar-refractivity contribution is -0.141. The van der Waals surface area contributed by atoms with Crippen LogP contribution in [0.4, 0.5) is 0 Å². The molecule has 4 heteroatoms. The zero-order chi connectivity index (χ0) is 12.7. The van der Waals surface area contributed by atoms with Gasteiger partial charge in [-0.15, -0.1) is 0 Å². The Bertz CT molecular complexity index is 221. The van der Waals surface area contributed by atoms with Crippen molar-refractivity contribution in [3.63, 3.8) is 0 Å². The van der Waals surface area contributed by atoms with Crippen LogP contribution in [0.25, 0.3) is 0 Å². The van der Waals surface area contributed by atoms with Crippen molar-refractivity contribution in [2.45, 2.75) is 39.2 Å². The van der Waals surface area contributed by atoms with Gasteiger partial charge in [-0.25, -0.2) is 0 Å². The lowest BCUT2D eigenvalue weighted by Gasteiger charge is -2.38. The van der Waals surface area contributed by atoms with E-state index in [4.69, 9.17) is 0 Å². The Morgan fingerprint density at radius 2 is 1.76 bits per heavy atom.